The van der Waals surface area contributed by atoms with Crippen LogP contribution < -0.4 is 15.8 Å². The Morgan fingerprint density at radius 3 is 2.46 bits per heavy atom. The number of rotatable bonds is 5. The van der Waals surface area contributed by atoms with Crippen molar-refractivity contribution < 1.29 is 22.7 Å². The highest BCUT2D eigenvalue weighted by Gasteiger charge is 2.29. The van der Waals surface area contributed by atoms with Crippen LogP contribution >= 0.6 is 0 Å². The molecule has 2 aromatic rings. The van der Waals surface area contributed by atoms with Gasteiger partial charge in [0.25, 0.3) is 5.91 Å². The van der Waals surface area contributed by atoms with E-state index in [2.05, 4.69) is 17.0 Å². The molecule has 0 aliphatic rings. The Balaban J connectivity index is 1.93. The molecule has 0 heterocycles. The summed E-state index contributed by atoms with van der Waals surface area (Å²) in [5.41, 5.74) is 5.95. The number of aliphatic imine (C=N–C) groups is 1. The van der Waals surface area contributed by atoms with E-state index in [4.69, 9.17) is 10.5 Å². The highest BCUT2D eigenvalue weighted by Crippen LogP contribution is 2.30. The first-order chi connectivity index (χ1) is 11.3. The van der Waals surface area contributed by atoms with Crippen LogP contribution in [0.2, 0.25) is 0 Å². The fourth-order valence-corrected chi connectivity index (χ4v) is 1.84. The number of nitrogens with zero attached hydrogens (tertiary/aromatic N) is 1. The van der Waals surface area contributed by atoms with Gasteiger partial charge >= 0.3 is 6.18 Å². The molecule has 0 atom stereocenters. The van der Waals surface area contributed by atoms with E-state index in [9.17, 15) is 18.0 Å². The Morgan fingerprint density at radius 2 is 1.88 bits per heavy atom. The Kier molecular flexibility index (Phi) is 5.08. The van der Waals surface area contributed by atoms with Crippen molar-refractivity contribution in [2.75, 3.05) is 17.7 Å². The molecule has 2 rings (SSSR count). The summed E-state index contributed by atoms with van der Waals surface area (Å²) in [6.07, 6.45) is -4.42. The van der Waals surface area contributed by atoms with Gasteiger partial charge in [0.05, 0.1) is 16.9 Å². The molecule has 0 saturated heterocycles. The standard InChI is InChI=1S/C16H14F3N3O2/c1-21-14-8-12(6-7-13(14)20)24-9-15(23)22-11-4-2-10(3-5-11)16(17,18)19/h2-8H,1,9,20H2,(H,22,23). The molecule has 0 aliphatic heterocycles. The molecule has 3 N–H and O–H groups in total. The van der Waals surface area contributed by atoms with E-state index in [1.165, 1.54) is 18.2 Å². The summed E-state index contributed by atoms with van der Waals surface area (Å²) in [7, 11) is 0. The number of anilines is 2. The van der Waals surface area contributed by atoms with Crippen LogP contribution in [-0.4, -0.2) is 19.2 Å². The van der Waals surface area contributed by atoms with E-state index in [1.54, 1.807) is 12.1 Å². The summed E-state index contributed by atoms with van der Waals surface area (Å²) in [6, 6.07) is 8.76. The number of hydrogen-bond donors (Lipinski definition) is 2. The molecule has 8 heteroatoms. The van der Waals surface area contributed by atoms with Gasteiger partial charge in [0.1, 0.15) is 5.75 Å². The van der Waals surface area contributed by atoms with Crippen LogP contribution in [0.25, 0.3) is 0 Å². The quantitative estimate of drug-likeness (QED) is 0.646. The second-order valence-electron chi connectivity index (χ2n) is 4.79. The van der Waals surface area contributed by atoms with Crippen molar-refractivity contribution in [1.82, 2.24) is 0 Å². The maximum atomic E-state index is 12.5. The largest absolute Gasteiger partial charge is 0.484 e. The fourth-order valence-electron chi connectivity index (χ4n) is 1.84. The molecule has 1 amide bonds. The van der Waals surface area contributed by atoms with Crippen LogP contribution in [-0.2, 0) is 11.0 Å². The summed E-state index contributed by atoms with van der Waals surface area (Å²) >= 11 is 0. The van der Waals surface area contributed by atoms with Crippen molar-refractivity contribution in [3.05, 3.63) is 48.0 Å². The van der Waals surface area contributed by atoms with Gasteiger partial charge in [-0.05, 0) is 43.1 Å². The molecule has 0 aromatic heterocycles. The second-order valence-corrected chi connectivity index (χ2v) is 4.79. The fraction of sp³-hybridized carbons (Fsp3) is 0.125. The van der Waals surface area contributed by atoms with Crippen LogP contribution in [0.1, 0.15) is 5.56 Å². The summed E-state index contributed by atoms with van der Waals surface area (Å²) < 4.78 is 42.6. The molecule has 126 valence electrons. The lowest BCUT2D eigenvalue weighted by atomic mass is 10.2. The maximum Gasteiger partial charge on any atom is 0.416 e. The zero-order valence-electron chi connectivity index (χ0n) is 12.4. The molecule has 0 aliphatic carbocycles. The first-order valence-corrected chi connectivity index (χ1v) is 6.76. The van der Waals surface area contributed by atoms with E-state index >= 15 is 0 Å². The summed E-state index contributed by atoms with van der Waals surface area (Å²) in [6.45, 7) is 3.05. The number of benzene rings is 2. The predicted molar refractivity (Wildman–Crippen MR) is 85.6 cm³/mol. The predicted octanol–water partition coefficient (Wildman–Crippen LogP) is 3.64. The van der Waals surface area contributed by atoms with E-state index in [-0.39, 0.29) is 12.3 Å². The van der Waals surface area contributed by atoms with Crippen LogP contribution in [0.3, 0.4) is 0 Å². The second kappa shape index (κ2) is 7.03. The van der Waals surface area contributed by atoms with E-state index in [1.807, 2.05) is 0 Å². The Hall–Kier alpha value is -3.03. The molecule has 24 heavy (non-hydrogen) atoms. The van der Waals surface area contributed by atoms with Gasteiger partial charge in [-0.3, -0.25) is 9.79 Å². The third kappa shape index (κ3) is 4.48. The van der Waals surface area contributed by atoms with Gasteiger partial charge in [-0.15, -0.1) is 0 Å². The number of halogens is 3. The smallest absolute Gasteiger partial charge is 0.416 e. The van der Waals surface area contributed by atoms with Crippen molar-refractivity contribution in [2.45, 2.75) is 6.18 Å². The highest BCUT2D eigenvalue weighted by molar-refractivity contribution is 5.91. The number of nitrogen functional groups attached to an aromatic ring is 1. The van der Waals surface area contributed by atoms with E-state index in [0.29, 0.717) is 17.1 Å². The zero-order chi connectivity index (χ0) is 17.7. The lowest BCUT2D eigenvalue weighted by molar-refractivity contribution is -0.137. The molecule has 0 saturated carbocycles. The maximum absolute atomic E-state index is 12.5. The van der Waals surface area contributed by atoms with Gasteiger partial charge in [0, 0.05) is 11.8 Å². The van der Waals surface area contributed by atoms with Crippen molar-refractivity contribution in [3.8, 4) is 5.75 Å². The Morgan fingerprint density at radius 1 is 1.21 bits per heavy atom. The third-order valence-corrected chi connectivity index (χ3v) is 3.04. The summed E-state index contributed by atoms with van der Waals surface area (Å²) in [4.78, 5) is 15.5. The molecule has 5 nitrogen and oxygen atoms in total. The number of ether oxygens (including phenoxy) is 1. The number of carbonyl (C=O) groups is 1. The number of alkyl halides is 3. The van der Waals surface area contributed by atoms with E-state index < -0.39 is 17.6 Å². The SMILES string of the molecule is C=Nc1cc(OCC(=O)Nc2ccc(C(F)(F)F)cc2)ccc1N. The van der Waals surface area contributed by atoms with Crippen LogP contribution in [0.4, 0.5) is 30.2 Å². The molecule has 0 fully saturated rings. The highest BCUT2D eigenvalue weighted by atomic mass is 19.4. The Bertz CT molecular complexity index is 743. The summed E-state index contributed by atoms with van der Waals surface area (Å²) in [5, 5.41) is 2.44. The minimum atomic E-state index is -4.42. The molecule has 0 bridgehead atoms. The number of nitrogens with one attached hydrogen (secondary N) is 1. The summed E-state index contributed by atoms with van der Waals surface area (Å²) in [5.74, 6) is -0.145. The number of amides is 1. The van der Waals surface area contributed by atoms with Gasteiger partial charge in [-0.2, -0.15) is 13.2 Å². The number of hydrogen-bond acceptors (Lipinski definition) is 4. The topological polar surface area (TPSA) is 76.7 Å². The van der Waals surface area contributed by atoms with Gasteiger partial charge in [-0.25, -0.2) is 0 Å². The third-order valence-electron chi connectivity index (χ3n) is 3.04. The van der Waals surface area contributed by atoms with Crippen LogP contribution in [0.15, 0.2) is 47.5 Å². The Labute approximate surface area is 136 Å². The average Bonchev–Trinajstić information content (AvgIpc) is 2.53. The van der Waals surface area contributed by atoms with Crippen molar-refractivity contribution in [2.24, 2.45) is 4.99 Å². The molecule has 0 spiro atoms. The van der Waals surface area contributed by atoms with Gasteiger partial charge in [-0.1, -0.05) is 0 Å². The monoisotopic (exact) mass is 337 g/mol. The number of carbonyl (C=O) groups excluding carboxylic acids is 1. The normalized spacial score (nSPS) is 11.0. The van der Waals surface area contributed by atoms with Gasteiger partial charge in [0.2, 0.25) is 0 Å². The first kappa shape index (κ1) is 17.3. The van der Waals surface area contributed by atoms with Crippen molar-refractivity contribution in [3.63, 3.8) is 0 Å². The zero-order valence-corrected chi connectivity index (χ0v) is 12.4. The molecule has 0 radical (unpaired) electrons. The molecule has 2 aromatic carbocycles. The van der Waals surface area contributed by atoms with Crippen molar-refractivity contribution in [1.29, 1.82) is 0 Å². The van der Waals surface area contributed by atoms with E-state index in [0.717, 1.165) is 12.1 Å². The molecule has 0 unspecified atom stereocenters. The first-order valence-electron chi connectivity index (χ1n) is 6.76. The van der Waals surface area contributed by atoms with Gasteiger partial charge < -0.3 is 15.8 Å². The molecular formula is C16H14F3N3O2. The van der Waals surface area contributed by atoms with Crippen LogP contribution in [0.5, 0.6) is 5.75 Å². The van der Waals surface area contributed by atoms with Gasteiger partial charge in [0.15, 0.2) is 6.61 Å². The number of nitrogens with two attached hydrogens (primary N) is 1. The average molecular weight is 337 g/mol. The minimum Gasteiger partial charge on any atom is -0.484 e. The lowest BCUT2D eigenvalue weighted by Gasteiger charge is -2.10. The lowest BCUT2D eigenvalue weighted by Crippen LogP contribution is -2.20. The molecular weight excluding hydrogens is 323 g/mol. The van der Waals surface area contributed by atoms with Crippen molar-refractivity contribution >= 4 is 29.7 Å². The van der Waals surface area contributed by atoms with Crippen LogP contribution in [0, 0.1) is 0 Å². The minimum absolute atomic E-state index is 0.238.